The van der Waals surface area contributed by atoms with Crippen molar-refractivity contribution in [2.24, 2.45) is 0 Å². The number of nitro groups is 1. The summed E-state index contributed by atoms with van der Waals surface area (Å²) in [6.45, 7) is 0.630. The number of allylic oxidation sites excluding steroid dienone is 1. The van der Waals surface area contributed by atoms with Crippen molar-refractivity contribution < 1.29 is 9.72 Å². The van der Waals surface area contributed by atoms with Crippen molar-refractivity contribution in [1.29, 1.82) is 0 Å². The number of nitrogens with one attached hydrogen (secondary N) is 1. The number of carbonyl (C=O) groups excluding carboxylic acids is 1. The Balaban J connectivity index is 1.88. The number of nitro benzene ring substituents is 1. The minimum atomic E-state index is -0.495. The maximum Gasteiger partial charge on any atom is 0.269 e. The summed E-state index contributed by atoms with van der Waals surface area (Å²) in [6.07, 6.45) is 2.99. The molecule has 0 radical (unpaired) electrons. The maximum absolute atomic E-state index is 11.8. The van der Waals surface area contributed by atoms with Crippen LogP contribution >= 0.6 is 0 Å². The Bertz CT molecular complexity index is 649. The summed E-state index contributed by atoms with van der Waals surface area (Å²) in [5.41, 5.74) is 1.50. The zero-order chi connectivity index (χ0) is 15.1. The van der Waals surface area contributed by atoms with Gasteiger partial charge in [-0.05, 0) is 17.7 Å². The molecule has 0 aliphatic rings. The van der Waals surface area contributed by atoms with E-state index in [9.17, 15) is 14.9 Å². The predicted octanol–water partition coefficient (Wildman–Crippen LogP) is 3.08. The van der Waals surface area contributed by atoms with Gasteiger partial charge in [0.1, 0.15) is 0 Å². The molecule has 0 aliphatic carbocycles. The van der Waals surface area contributed by atoms with Crippen molar-refractivity contribution in [2.45, 2.75) is 6.54 Å². The predicted molar refractivity (Wildman–Crippen MR) is 79.8 cm³/mol. The number of benzene rings is 2. The van der Waals surface area contributed by atoms with E-state index in [1.165, 1.54) is 30.3 Å². The van der Waals surface area contributed by atoms with Crippen molar-refractivity contribution in [2.75, 3.05) is 0 Å². The standard InChI is InChI=1S/C16H14N2O3/c19-16(14-6-8-15(9-7-14)18(20)21)10-11-17-12-13-4-2-1-3-5-13/h1-11,17H,12H2. The van der Waals surface area contributed by atoms with Gasteiger partial charge < -0.3 is 5.32 Å². The molecule has 0 spiro atoms. The lowest BCUT2D eigenvalue weighted by atomic mass is 10.1. The lowest BCUT2D eigenvalue weighted by Crippen LogP contribution is -2.05. The van der Waals surface area contributed by atoms with E-state index >= 15 is 0 Å². The van der Waals surface area contributed by atoms with Gasteiger partial charge in [0.2, 0.25) is 0 Å². The van der Waals surface area contributed by atoms with E-state index < -0.39 is 4.92 Å². The topological polar surface area (TPSA) is 72.2 Å². The third-order valence-corrected chi connectivity index (χ3v) is 2.86. The zero-order valence-corrected chi connectivity index (χ0v) is 11.2. The molecular formula is C16H14N2O3. The molecule has 0 saturated carbocycles. The minimum Gasteiger partial charge on any atom is -0.387 e. The average Bonchev–Trinajstić information content (AvgIpc) is 2.52. The van der Waals surface area contributed by atoms with E-state index in [0.29, 0.717) is 12.1 Å². The highest BCUT2D eigenvalue weighted by Crippen LogP contribution is 2.12. The van der Waals surface area contributed by atoms with E-state index in [1.54, 1.807) is 6.20 Å². The smallest absolute Gasteiger partial charge is 0.269 e. The lowest BCUT2D eigenvalue weighted by molar-refractivity contribution is -0.384. The average molecular weight is 282 g/mol. The molecule has 21 heavy (non-hydrogen) atoms. The largest absolute Gasteiger partial charge is 0.387 e. The third-order valence-electron chi connectivity index (χ3n) is 2.86. The van der Waals surface area contributed by atoms with Crippen molar-refractivity contribution >= 4 is 11.5 Å². The molecule has 5 nitrogen and oxygen atoms in total. The number of ketones is 1. The summed E-state index contributed by atoms with van der Waals surface area (Å²) >= 11 is 0. The van der Waals surface area contributed by atoms with Crippen molar-refractivity contribution in [3.05, 3.63) is 88.1 Å². The van der Waals surface area contributed by atoms with Crippen LogP contribution in [0.15, 0.2) is 66.9 Å². The second-order valence-corrected chi connectivity index (χ2v) is 4.37. The molecule has 2 aromatic carbocycles. The van der Waals surface area contributed by atoms with E-state index in [1.807, 2.05) is 30.3 Å². The summed E-state index contributed by atoms with van der Waals surface area (Å²) in [5, 5.41) is 13.5. The van der Waals surface area contributed by atoms with Gasteiger partial charge in [0.15, 0.2) is 5.78 Å². The van der Waals surface area contributed by atoms with Gasteiger partial charge in [-0.3, -0.25) is 14.9 Å². The lowest BCUT2D eigenvalue weighted by Gasteiger charge is -2.00. The quantitative estimate of drug-likeness (QED) is 0.382. The van der Waals surface area contributed by atoms with Gasteiger partial charge in [0, 0.05) is 36.5 Å². The minimum absolute atomic E-state index is 0.0299. The molecule has 0 bridgehead atoms. The summed E-state index contributed by atoms with van der Waals surface area (Å²) in [7, 11) is 0. The number of nitrogens with zero attached hydrogens (tertiary/aromatic N) is 1. The highest BCUT2D eigenvalue weighted by molar-refractivity contribution is 6.04. The van der Waals surface area contributed by atoms with Crippen LogP contribution in [0, 0.1) is 10.1 Å². The Morgan fingerprint density at radius 2 is 1.76 bits per heavy atom. The van der Waals surface area contributed by atoms with Gasteiger partial charge >= 0.3 is 0 Å². The summed E-state index contributed by atoms with van der Waals surface area (Å²) in [6, 6.07) is 15.3. The maximum atomic E-state index is 11.8. The van der Waals surface area contributed by atoms with E-state index in [-0.39, 0.29) is 11.5 Å². The van der Waals surface area contributed by atoms with Crippen molar-refractivity contribution in [3.63, 3.8) is 0 Å². The molecule has 0 fully saturated rings. The van der Waals surface area contributed by atoms with Crippen LogP contribution < -0.4 is 5.32 Å². The first kappa shape index (κ1) is 14.5. The van der Waals surface area contributed by atoms with Gasteiger partial charge in [0.05, 0.1) is 4.92 Å². The fourth-order valence-corrected chi connectivity index (χ4v) is 1.75. The van der Waals surface area contributed by atoms with E-state index in [2.05, 4.69) is 5.32 Å². The molecule has 2 aromatic rings. The van der Waals surface area contributed by atoms with E-state index in [0.717, 1.165) is 5.56 Å². The van der Waals surface area contributed by atoms with Gasteiger partial charge in [0.25, 0.3) is 5.69 Å². The summed E-state index contributed by atoms with van der Waals surface area (Å²) in [5.74, 6) is -0.203. The molecule has 106 valence electrons. The molecule has 0 atom stereocenters. The van der Waals surface area contributed by atoms with Gasteiger partial charge in [-0.1, -0.05) is 30.3 Å². The summed E-state index contributed by atoms with van der Waals surface area (Å²) in [4.78, 5) is 21.9. The molecule has 0 saturated heterocycles. The molecule has 5 heteroatoms. The number of hydrogen-bond acceptors (Lipinski definition) is 4. The highest BCUT2D eigenvalue weighted by Gasteiger charge is 2.06. The Kier molecular flexibility index (Phi) is 4.82. The van der Waals surface area contributed by atoms with E-state index in [4.69, 9.17) is 0 Å². The molecule has 0 aromatic heterocycles. The van der Waals surface area contributed by atoms with Crippen LogP contribution in [0.1, 0.15) is 15.9 Å². The SMILES string of the molecule is O=C(C=CNCc1ccccc1)c1ccc([N+](=O)[O-])cc1. The molecule has 1 N–H and O–H groups in total. The number of non-ortho nitro benzene ring substituents is 1. The Morgan fingerprint density at radius 3 is 2.38 bits per heavy atom. The summed E-state index contributed by atoms with van der Waals surface area (Å²) < 4.78 is 0. The molecule has 2 rings (SSSR count). The fourth-order valence-electron chi connectivity index (χ4n) is 1.75. The Hall–Kier alpha value is -2.95. The first-order chi connectivity index (χ1) is 10.2. The molecular weight excluding hydrogens is 268 g/mol. The zero-order valence-electron chi connectivity index (χ0n) is 11.2. The molecule has 0 unspecified atom stereocenters. The number of carbonyl (C=O) groups is 1. The van der Waals surface area contributed by atoms with Crippen LogP contribution in [0.25, 0.3) is 0 Å². The van der Waals surface area contributed by atoms with Crippen LogP contribution in [0.5, 0.6) is 0 Å². The van der Waals surface area contributed by atoms with Crippen LogP contribution in [0.4, 0.5) is 5.69 Å². The van der Waals surface area contributed by atoms with Crippen molar-refractivity contribution in [3.8, 4) is 0 Å². The first-order valence-electron chi connectivity index (χ1n) is 6.39. The first-order valence-corrected chi connectivity index (χ1v) is 6.39. The Morgan fingerprint density at radius 1 is 1.10 bits per heavy atom. The normalized spacial score (nSPS) is 10.5. The van der Waals surface area contributed by atoms with Gasteiger partial charge in [-0.25, -0.2) is 0 Å². The second-order valence-electron chi connectivity index (χ2n) is 4.37. The molecule has 0 aliphatic heterocycles. The van der Waals surface area contributed by atoms with Crippen LogP contribution in [0.2, 0.25) is 0 Å². The van der Waals surface area contributed by atoms with Crippen molar-refractivity contribution in [1.82, 2.24) is 5.32 Å². The number of rotatable bonds is 6. The third kappa shape index (κ3) is 4.28. The van der Waals surface area contributed by atoms with Gasteiger partial charge in [-0.15, -0.1) is 0 Å². The molecule has 0 heterocycles. The van der Waals surface area contributed by atoms with Crippen LogP contribution in [-0.2, 0) is 6.54 Å². The number of hydrogen-bond donors (Lipinski definition) is 1. The fraction of sp³-hybridized carbons (Fsp3) is 0.0625. The monoisotopic (exact) mass is 282 g/mol. The molecule has 0 amide bonds. The van der Waals surface area contributed by atoms with Gasteiger partial charge in [-0.2, -0.15) is 0 Å². The highest BCUT2D eigenvalue weighted by atomic mass is 16.6. The van der Waals surface area contributed by atoms with Crippen LogP contribution in [0.3, 0.4) is 0 Å². The second kappa shape index (κ2) is 7.00. The van der Waals surface area contributed by atoms with Crippen LogP contribution in [-0.4, -0.2) is 10.7 Å². The Labute approximate surface area is 122 Å².